The summed E-state index contributed by atoms with van der Waals surface area (Å²) < 4.78 is 1.51. The van der Waals surface area contributed by atoms with Gasteiger partial charge in [0, 0.05) is 12.3 Å². The Labute approximate surface area is 80.9 Å². The Bertz CT molecular complexity index is 372. The van der Waals surface area contributed by atoms with E-state index in [2.05, 4.69) is 0 Å². The van der Waals surface area contributed by atoms with E-state index in [1.54, 1.807) is 6.92 Å². The number of hydrogen-bond donors (Lipinski definition) is 3. The third-order valence-corrected chi connectivity index (χ3v) is 2.03. The van der Waals surface area contributed by atoms with Crippen molar-refractivity contribution >= 4 is 0 Å². The van der Waals surface area contributed by atoms with Crippen molar-refractivity contribution in [2.75, 3.05) is 6.61 Å². The molecule has 1 aromatic heterocycles. The summed E-state index contributed by atoms with van der Waals surface area (Å²) in [5.74, 6) is -0.322. The fourth-order valence-electron chi connectivity index (χ4n) is 1.15. The highest BCUT2D eigenvalue weighted by atomic mass is 16.3. The van der Waals surface area contributed by atoms with Crippen LogP contribution in [0, 0.1) is 6.92 Å². The van der Waals surface area contributed by atoms with E-state index in [4.69, 9.17) is 10.2 Å². The van der Waals surface area contributed by atoms with Crippen LogP contribution < -0.4 is 5.43 Å². The Balaban J connectivity index is 3.00. The van der Waals surface area contributed by atoms with E-state index in [1.165, 1.54) is 16.8 Å². The zero-order chi connectivity index (χ0) is 10.7. The first kappa shape index (κ1) is 10.7. The highest BCUT2D eigenvalue weighted by molar-refractivity contribution is 5.25. The second-order valence-corrected chi connectivity index (χ2v) is 3.10. The lowest BCUT2D eigenvalue weighted by Crippen LogP contribution is -2.22. The molecule has 0 bridgehead atoms. The van der Waals surface area contributed by atoms with E-state index >= 15 is 0 Å². The van der Waals surface area contributed by atoms with Crippen molar-refractivity contribution in [3.63, 3.8) is 0 Å². The van der Waals surface area contributed by atoms with E-state index in [-0.39, 0.29) is 18.9 Å². The normalized spacial score (nSPS) is 12.8. The number of hydrogen-bond acceptors (Lipinski definition) is 4. The maximum absolute atomic E-state index is 11.0. The highest BCUT2D eigenvalue weighted by Gasteiger charge is 2.08. The lowest BCUT2D eigenvalue weighted by atomic mass is 10.3. The van der Waals surface area contributed by atoms with Gasteiger partial charge < -0.3 is 19.9 Å². The van der Waals surface area contributed by atoms with Crippen LogP contribution in [0.3, 0.4) is 0 Å². The summed E-state index contributed by atoms with van der Waals surface area (Å²) in [4.78, 5) is 11.0. The molecule has 0 aliphatic heterocycles. The van der Waals surface area contributed by atoms with Crippen LogP contribution in [0.4, 0.5) is 0 Å². The molecule has 14 heavy (non-hydrogen) atoms. The summed E-state index contributed by atoms with van der Waals surface area (Å²) in [6, 6.07) is 1.21. The molecule has 1 aromatic rings. The number of rotatable bonds is 3. The van der Waals surface area contributed by atoms with E-state index in [0.717, 1.165) is 0 Å². The van der Waals surface area contributed by atoms with Crippen LogP contribution in [0.15, 0.2) is 17.1 Å². The van der Waals surface area contributed by atoms with Gasteiger partial charge in [0.05, 0.1) is 24.9 Å². The third-order valence-electron chi connectivity index (χ3n) is 2.03. The highest BCUT2D eigenvalue weighted by Crippen LogP contribution is 2.09. The molecule has 0 saturated carbocycles. The van der Waals surface area contributed by atoms with Crippen LogP contribution in [0.25, 0.3) is 0 Å². The van der Waals surface area contributed by atoms with Gasteiger partial charge in [0.15, 0.2) is 5.75 Å². The molecule has 0 aliphatic rings. The number of aromatic nitrogens is 1. The zero-order valence-electron chi connectivity index (χ0n) is 7.84. The number of aliphatic hydroxyl groups is 2. The minimum atomic E-state index is -0.893. The lowest BCUT2D eigenvalue weighted by Gasteiger charge is -2.14. The largest absolute Gasteiger partial charge is 0.503 e. The van der Waals surface area contributed by atoms with E-state index in [0.29, 0.717) is 5.69 Å². The molecule has 78 valence electrons. The molecule has 1 atom stereocenters. The maximum atomic E-state index is 11.0. The van der Waals surface area contributed by atoms with Crippen LogP contribution in [-0.2, 0) is 6.54 Å². The molecule has 5 heteroatoms. The first-order valence-electron chi connectivity index (χ1n) is 4.24. The van der Waals surface area contributed by atoms with Gasteiger partial charge in [-0.1, -0.05) is 0 Å². The molecule has 0 fully saturated rings. The van der Waals surface area contributed by atoms with Crippen LogP contribution in [0.1, 0.15) is 5.69 Å². The fourth-order valence-corrected chi connectivity index (χ4v) is 1.15. The van der Waals surface area contributed by atoms with Crippen molar-refractivity contribution in [1.29, 1.82) is 0 Å². The summed E-state index contributed by atoms with van der Waals surface area (Å²) in [7, 11) is 0. The van der Waals surface area contributed by atoms with Crippen molar-refractivity contribution in [3.05, 3.63) is 28.2 Å². The second-order valence-electron chi connectivity index (χ2n) is 3.10. The molecular formula is C9H13NO4. The van der Waals surface area contributed by atoms with Gasteiger partial charge in [0.25, 0.3) is 0 Å². The lowest BCUT2D eigenvalue weighted by molar-refractivity contribution is 0.0804. The summed E-state index contributed by atoms with van der Waals surface area (Å²) in [5.41, 5.74) is -0.0674. The molecule has 1 heterocycles. The maximum Gasteiger partial charge on any atom is 0.223 e. The molecule has 5 nitrogen and oxygen atoms in total. The average molecular weight is 199 g/mol. The van der Waals surface area contributed by atoms with E-state index in [9.17, 15) is 9.90 Å². The first-order valence-corrected chi connectivity index (χ1v) is 4.24. The number of aliphatic hydroxyl groups excluding tert-OH is 2. The molecule has 0 saturated heterocycles. The Hall–Kier alpha value is -1.33. The molecule has 0 aromatic carbocycles. The van der Waals surface area contributed by atoms with Crippen molar-refractivity contribution in [2.45, 2.75) is 19.6 Å². The smallest absolute Gasteiger partial charge is 0.223 e. The monoisotopic (exact) mass is 199 g/mol. The van der Waals surface area contributed by atoms with Gasteiger partial charge in [-0.05, 0) is 6.92 Å². The van der Waals surface area contributed by atoms with Crippen molar-refractivity contribution in [1.82, 2.24) is 4.57 Å². The molecule has 3 N–H and O–H groups in total. The zero-order valence-corrected chi connectivity index (χ0v) is 7.84. The number of aromatic hydroxyl groups is 1. The van der Waals surface area contributed by atoms with Crippen molar-refractivity contribution in [2.24, 2.45) is 0 Å². The Morgan fingerprint density at radius 1 is 1.57 bits per heavy atom. The Morgan fingerprint density at radius 2 is 2.21 bits per heavy atom. The SMILES string of the molecule is Cc1c(O)c(=O)ccn1CC(O)CO. The Kier molecular flexibility index (Phi) is 3.27. The minimum absolute atomic E-state index is 0.149. The molecule has 0 spiro atoms. The third kappa shape index (κ3) is 2.12. The van der Waals surface area contributed by atoms with Gasteiger partial charge >= 0.3 is 0 Å². The number of pyridine rings is 1. The summed E-state index contributed by atoms with van der Waals surface area (Å²) in [6.07, 6.45) is 0.576. The standard InChI is InChI=1S/C9H13NO4/c1-6-9(14)8(13)2-3-10(6)4-7(12)5-11/h2-3,7,11-12,14H,4-5H2,1H3. The molecule has 0 aliphatic carbocycles. The summed E-state index contributed by atoms with van der Waals surface area (Å²) in [6.45, 7) is 1.36. The Morgan fingerprint density at radius 3 is 2.79 bits per heavy atom. The predicted molar refractivity (Wildman–Crippen MR) is 50.2 cm³/mol. The molecule has 1 unspecified atom stereocenters. The average Bonchev–Trinajstić information content (AvgIpc) is 2.19. The molecular weight excluding hydrogens is 186 g/mol. The first-order chi connectivity index (χ1) is 6.56. The summed E-state index contributed by atoms with van der Waals surface area (Å²) in [5, 5.41) is 27.1. The predicted octanol–water partition coefficient (Wildman–Crippen LogP) is -0.784. The van der Waals surface area contributed by atoms with E-state index in [1.807, 2.05) is 0 Å². The second kappa shape index (κ2) is 4.26. The summed E-state index contributed by atoms with van der Waals surface area (Å²) >= 11 is 0. The molecule has 0 radical (unpaired) electrons. The molecule has 1 rings (SSSR count). The topological polar surface area (TPSA) is 82.7 Å². The minimum Gasteiger partial charge on any atom is -0.503 e. The molecule has 0 amide bonds. The number of nitrogens with zero attached hydrogens (tertiary/aromatic N) is 1. The van der Waals surface area contributed by atoms with Gasteiger partial charge in [-0.25, -0.2) is 0 Å². The quantitative estimate of drug-likeness (QED) is 0.596. The van der Waals surface area contributed by atoms with Gasteiger partial charge in [0.1, 0.15) is 0 Å². The van der Waals surface area contributed by atoms with Gasteiger partial charge in [-0.3, -0.25) is 4.79 Å². The van der Waals surface area contributed by atoms with Crippen LogP contribution in [0.2, 0.25) is 0 Å². The van der Waals surface area contributed by atoms with Gasteiger partial charge in [-0.15, -0.1) is 0 Å². The fraction of sp³-hybridized carbons (Fsp3) is 0.444. The van der Waals surface area contributed by atoms with E-state index < -0.39 is 11.5 Å². The van der Waals surface area contributed by atoms with Crippen molar-refractivity contribution in [3.8, 4) is 5.75 Å². The van der Waals surface area contributed by atoms with Crippen LogP contribution in [-0.4, -0.2) is 32.6 Å². The van der Waals surface area contributed by atoms with Crippen molar-refractivity contribution < 1.29 is 15.3 Å². The van der Waals surface area contributed by atoms with Crippen LogP contribution in [0.5, 0.6) is 5.75 Å². The van der Waals surface area contributed by atoms with Gasteiger partial charge in [-0.2, -0.15) is 0 Å². The van der Waals surface area contributed by atoms with Gasteiger partial charge in [0.2, 0.25) is 5.43 Å². The van der Waals surface area contributed by atoms with Crippen LogP contribution >= 0.6 is 0 Å².